The van der Waals surface area contributed by atoms with Crippen LogP contribution in [0.2, 0.25) is 0 Å². The van der Waals surface area contributed by atoms with Crippen LogP contribution in [0.15, 0.2) is 42.6 Å². The van der Waals surface area contributed by atoms with Crippen LogP contribution in [0.5, 0.6) is 0 Å². The van der Waals surface area contributed by atoms with Crippen LogP contribution in [-0.4, -0.2) is 17.2 Å². The Morgan fingerprint density at radius 2 is 1.94 bits per heavy atom. The second-order valence-corrected chi connectivity index (χ2v) is 3.48. The largest absolute Gasteiger partial charge is 0.328 e. The predicted molar refractivity (Wildman–Crippen MR) is 64.4 cm³/mol. The van der Waals surface area contributed by atoms with E-state index < -0.39 is 0 Å². The van der Waals surface area contributed by atoms with Gasteiger partial charge in [0.05, 0.1) is 6.20 Å². The van der Waals surface area contributed by atoms with Crippen LogP contribution < -0.4 is 10.6 Å². The quantitative estimate of drug-likeness (QED) is 0.845. The van der Waals surface area contributed by atoms with Gasteiger partial charge in [0.2, 0.25) is 0 Å². The van der Waals surface area contributed by atoms with E-state index >= 15 is 0 Å². The Hall–Kier alpha value is -1.94. The molecule has 0 bridgehead atoms. The summed E-state index contributed by atoms with van der Waals surface area (Å²) in [6.07, 6.45) is 1.66. The topological polar surface area (TPSA) is 55.0 Å². The van der Waals surface area contributed by atoms with Crippen molar-refractivity contribution in [3.8, 4) is 0 Å². The van der Waals surface area contributed by atoms with Gasteiger partial charge in [0, 0.05) is 24.8 Å². The van der Waals surface area contributed by atoms with Gasteiger partial charge in [-0.05, 0) is 18.2 Å². The van der Waals surface area contributed by atoms with Gasteiger partial charge < -0.3 is 10.6 Å². The molecule has 0 aliphatic heterocycles. The number of hydrogen-bond donors (Lipinski definition) is 1. The molecule has 0 spiro atoms. The van der Waals surface area contributed by atoms with E-state index in [0.717, 1.165) is 17.1 Å². The lowest BCUT2D eigenvalue weighted by molar-refractivity contribution is 0.934. The van der Waals surface area contributed by atoms with E-state index in [1.807, 2.05) is 48.3 Å². The fourth-order valence-corrected chi connectivity index (χ4v) is 1.57. The smallest absolute Gasteiger partial charge is 0.159 e. The molecule has 2 N–H and O–H groups in total. The fraction of sp³-hybridized carbons (Fsp3) is 0.167. The molecule has 1 aromatic heterocycles. The highest BCUT2D eigenvalue weighted by molar-refractivity contribution is 5.61. The van der Waals surface area contributed by atoms with Gasteiger partial charge in [0.1, 0.15) is 0 Å². The Bertz CT molecular complexity index is 456. The maximum absolute atomic E-state index is 5.67. The van der Waals surface area contributed by atoms with Crippen molar-refractivity contribution in [3.63, 3.8) is 0 Å². The number of hydrogen-bond acceptors (Lipinski definition) is 4. The molecule has 82 valence electrons. The monoisotopic (exact) mass is 214 g/mol. The van der Waals surface area contributed by atoms with Gasteiger partial charge in [-0.3, -0.25) is 0 Å². The summed E-state index contributed by atoms with van der Waals surface area (Å²) in [6.45, 7) is 0.460. The lowest BCUT2D eigenvalue weighted by atomic mass is 10.2. The lowest BCUT2D eigenvalue weighted by Crippen LogP contribution is -2.15. The summed E-state index contributed by atoms with van der Waals surface area (Å²) in [5.41, 5.74) is 7.73. The summed E-state index contributed by atoms with van der Waals surface area (Å²) in [7, 11) is 1.96. The average Bonchev–Trinajstić information content (AvgIpc) is 2.39. The molecule has 4 nitrogen and oxygen atoms in total. The molecule has 0 amide bonds. The van der Waals surface area contributed by atoms with Crippen LogP contribution in [0.3, 0.4) is 0 Å². The number of rotatable bonds is 3. The van der Waals surface area contributed by atoms with Crippen molar-refractivity contribution < 1.29 is 0 Å². The molecule has 2 rings (SSSR count). The predicted octanol–water partition coefficient (Wildman–Crippen LogP) is 1.70. The molecule has 1 aromatic carbocycles. The van der Waals surface area contributed by atoms with Gasteiger partial charge in [0.25, 0.3) is 0 Å². The highest BCUT2D eigenvalue weighted by Crippen LogP contribution is 2.23. The van der Waals surface area contributed by atoms with E-state index in [9.17, 15) is 0 Å². The Morgan fingerprint density at radius 3 is 2.62 bits per heavy atom. The second-order valence-electron chi connectivity index (χ2n) is 3.48. The summed E-state index contributed by atoms with van der Waals surface area (Å²) in [5, 5.41) is 8.01. The normalized spacial score (nSPS) is 10.1. The minimum Gasteiger partial charge on any atom is -0.328 e. The second kappa shape index (κ2) is 4.72. The maximum Gasteiger partial charge on any atom is 0.159 e. The van der Waals surface area contributed by atoms with Crippen molar-refractivity contribution in [1.29, 1.82) is 0 Å². The van der Waals surface area contributed by atoms with E-state index in [2.05, 4.69) is 10.2 Å². The SMILES string of the molecule is CN(c1ccccc1)c1nnccc1CN. The van der Waals surface area contributed by atoms with Crippen molar-refractivity contribution in [3.05, 3.63) is 48.2 Å². The van der Waals surface area contributed by atoms with E-state index in [0.29, 0.717) is 6.54 Å². The highest BCUT2D eigenvalue weighted by Gasteiger charge is 2.09. The van der Waals surface area contributed by atoms with E-state index in [4.69, 9.17) is 5.73 Å². The van der Waals surface area contributed by atoms with E-state index in [1.165, 1.54) is 0 Å². The highest BCUT2D eigenvalue weighted by atomic mass is 15.2. The average molecular weight is 214 g/mol. The molecule has 0 radical (unpaired) electrons. The first-order valence-corrected chi connectivity index (χ1v) is 5.12. The molecule has 0 saturated heterocycles. The minimum atomic E-state index is 0.460. The third kappa shape index (κ3) is 2.01. The number of nitrogens with two attached hydrogens (primary N) is 1. The van der Waals surface area contributed by atoms with Crippen LogP contribution in [0.1, 0.15) is 5.56 Å². The summed E-state index contributed by atoms with van der Waals surface area (Å²) < 4.78 is 0. The van der Waals surface area contributed by atoms with Crippen molar-refractivity contribution >= 4 is 11.5 Å². The number of nitrogens with zero attached hydrogens (tertiary/aromatic N) is 3. The molecule has 0 saturated carbocycles. The van der Waals surface area contributed by atoms with Crippen molar-refractivity contribution in [2.45, 2.75) is 6.54 Å². The summed E-state index contributed by atoms with van der Waals surface area (Å²) >= 11 is 0. The van der Waals surface area contributed by atoms with E-state index in [-0.39, 0.29) is 0 Å². The van der Waals surface area contributed by atoms with Crippen molar-refractivity contribution in [2.75, 3.05) is 11.9 Å². The Kier molecular flexibility index (Phi) is 3.12. The zero-order valence-electron chi connectivity index (χ0n) is 9.17. The third-order valence-corrected chi connectivity index (χ3v) is 2.46. The molecule has 0 aliphatic rings. The van der Waals surface area contributed by atoms with Crippen LogP contribution in [-0.2, 0) is 6.54 Å². The molecule has 0 unspecified atom stereocenters. The number of anilines is 2. The Morgan fingerprint density at radius 1 is 1.19 bits per heavy atom. The van der Waals surface area contributed by atoms with Gasteiger partial charge in [-0.2, -0.15) is 5.10 Å². The first-order valence-electron chi connectivity index (χ1n) is 5.12. The zero-order chi connectivity index (χ0) is 11.4. The van der Waals surface area contributed by atoms with Crippen molar-refractivity contribution in [1.82, 2.24) is 10.2 Å². The Balaban J connectivity index is 2.37. The van der Waals surface area contributed by atoms with E-state index in [1.54, 1.807) is 6.20 Å². The molecule has 0 aliphatic carbocycles. The molecule has 1 heterocycles. The first kappa shape index (κ1) is 10.6. The van der Waals surface area contributed by atoms with Crippen LogP contribution in [0.25, 0.3) is 0 Å². The van der Waals surface area contributed by atoms with Crippen LogP contribution >= 0.6 is 0 Å². The van der Waals surface area contributed by atoms with Crippen LogP contribution in [0.4, 0.5) is 11.5 Å². The summed E-state index contributed by atoms with van der Waals surface area (Å²) in [4.78, 5) is 1.98. The first-order chi connectivity index (χ1) is 7.83. The number of benzene rings is 1. The summed E-state index contributed by atoms with van der Waals surface area (Å²) in [5.74, 6) is 0.802. The van der Waals surface area contributed by atoms with Gasteiger partial charge >= 0.3 is 0 Å². The maximum atomic E-state index is 5.67. The molecule has 2 aromatic rings. The van der Waals surface area contributed by atoms with Crippen LogP contribution in [0, 0.1) is 0 Å². The number of aromatic nitrogens is 2. The summed E-state index contributed by atoms with van der Waals surface area (Å²) in [6, 6.07) is 11.9. The standard InChI is InChI=1S/C12H14N4/c1-16(11-5-3-2-4-6-11)12-10(9-13)7-8-14-15-12/h2-8H,9,13H2,1H3. The van der Waals surface area contributed by atoms with Crippen molar-refractivity contribution in [2.24, 2.45) is 5.73 Å². The molecule has 16 heavy (non-hydrogen) atoms. The molecule has 0 atom stereocenters. The lowest BCUT2D eigenvalue weighted by Gasteiger charge is -2.19. The fourth-order valence-electron chi connectivity index (χ4n) is 1.57. The van der Waals surface area contributed by atoms with Gasteiger partial charge in [-0.25, -0.2) is 0 Å². The molecule has 0 fully saturated rings. The molecular formula is C12H14N4. The van der Waals surface area contributed by atoms with Gasteiger partial charge in [-0.1, -0.05) is 18.2 Å². The zero-order valence-corrected chi connectivity index (χ0v) is 9.17. The third-order valence-electron chi connectivity index (χ3n) is 2.46. The minimum absolute atomic E-state index is 0.460. The number of para-hydroxylation sites is 1. The Labute approximate surface area is 94.7 Å². The molecule has 4 heteroatoms. The van der Waals surface area contributed by atoms with Gasteiger partial charge in [0.15, 0.2) is 5.82 Å². The molecular weight excluding hydrogens is 200 g/mol. The van der Waals surface area contributed by atoms with Gasteiger partial charge in [-0.15, -0.1) is 5.10 Å².